The lowest BCUT2D eigenvalue weighted by molar-refractivity contribution is 0.284. The maximum Gasteiger partial charge on any atom is 0.164 e. The van der Waals surface area contributed by atoms with Gasteiger partial charge in [0.05, 0.1) is 6.54 Å². The van der Waals surface area contributed by atoms with Crippen molar-refractivity contribution < 1.29 is 0 Å². The van der Waals surface area contributed by atoms with Gasteiger partial charge in [-0.15, -0.1) is 0 Å². The molecule has 3 atom stereocenters. The molecular weight excluding hydrogens is 224 g/mol. The first-order valence-electron chi connectivity index (χ1n) is 7.32. The lowest BCUT2D eigenvalue weighted by Gasteiger charge is -2.20. The van der Waals surface area contributed by atoms with Crippen LogP contribution in [0.2, 0.25) is 0 Å². The first kappa shape index (κ1) is 12.2. The summed E-state index contributed by atoms with van der Waals surface area (Å²) in [5.74, 6) is 3.77. The molecule has 2 fully saturated rings. The second kappa shape index (κ2) is 5.00. The normalized spacial score (nSPS) is 30.5. The van der Waals surface area contributed by atoms with E-state index in [1.807, 2.05) is 6.33 Å². The molecule has 0 aromatic carbocycles. The summed E-state index contributed by atoms with van der Waals surface area (Å²) >= 11 is 0. The quantitative estimate of drug-likeness (QED) is 0.869. The Labute approximate surface area is 109 Å². The zero-order valence-electron chi connectivity index (χ0n) is 11.5. The molecule has 2 bridgehead atoms. The van der Waals surface area contributed by atoms with Crippen LogP contribution in [0.1, 0.15) is 45.4 Å². The molecule has 1 N–H and O–H groups in total. The van der Waals surface area contributed by atoms with Gasteiger partial charge < -0.3 is 5.32 Å². The number of hydrogen-bond acceptors (Lipinski definition) is 3. The molecule has 3 rings (SSSR count). The third-order valence-corrected chi connectivity index (χ3v) is 4.56. The van der Waals surface area contributed by atoms with Gasteiger partial charge in [0.1, 0.15) is 6.33 Å². The molecule has 3 unspecified atom stereocenters. The summed E-state index contributed by atoms with van der Waals surface area (Å²) in [6.45, 7) is 6.15. The fourth-order valence-corrected chi connectivity index (χ4v) is 3.64. The van der Waals surface area contributed by atoms with Gasteiger partial charge in [-0.3, -0.25) is 4.68 Å². The van der Waals surface area contributed by atoms with Gasteiger partial charge in [0.25, 0.3) is 0 Å². The van der Waals surface area contributed by atoms with Crippen molar-refractivity contribution in [1.82, 2.24) is 20.1 Å². The predicted molar refractivity (Wildman–Crippen MR) is 70.9 cm³/mol. The van der Waals surface area contributed by atoms with Crippen LogP contribution in [-0.4, -0.2) is 20.8 Å². The van der Waals surface area contributed by atoms with Crippen LogP contribution in [0.3, 0.4) is 0 Å². The minimum absolute atomic E-state index is 0.488. The molecule has 0 radical (unpaired) electrons. The standard InChI is InChI=1S/C14H24N4/c1-10(2)15-7-14-16-9-18(17-14)8-13-6-11-3-4-12(13)5-11/h9-13,15H,3-8H2,1-2H3. The van der Waals surface area contributed by atoms with Crippen LogP contribution in [0.4, 0.5) is 0 Å². The summed E-state index contributed by atoms with van der Waals surface area (Å²) in [5.41, 5.74) is 0. The number of aromatic nitrogens is 3. The van der Waals surface area contributed by atoms with Crippen LogP contribution in [0, 0.1) is 17.8 Å². The molecule has 1 aromatic rings. The number of hydrogen-bond donors (Lipinski definition) is 1. The topological polar surface area (TPSA) is 42.7 Å². The highest BCUT2D eigenvalue weighted by Crippen LogP contribution is 2.48. The first-order valence-corrected chi connectivity index (χ1v) is 7.32. The number of nitrogens with zero attached hydrogens (tertiary/aromatic N) is 3. The van der Waals surface area contributed by atoms with E-state index in [0.717, 1.165) is 36.7 Å². The van der Waals surface area contributed by atoms with E-state index in [2.05, 4.69) is 33.9 Å². The van der Waals surface area contributed by atoms with Gasteiger partial charge in [0.2, 0.25) is 0 Å². The Morgan fingerprint density at radius 3 is 2.94 bits per heavy atom. The van der Waals surface area contributed by atoms with Gasteiger partial charge in [-0.1, -0.05) is 20.3 Å². The van der Waals surface area contributed by atoms with Gasteiger partial charge in [-0.05, 0) is 37.0 Å². The molecule has 2 aliphatic carbocycles. The van der Waals surface area contributed by atoms with Crippen LogP contribution in [0.5, 0.6) is 0 Å². The fraction of sp³-hybridized carbons (Fsp3) is 0.857. The Morgan fingerprint density at radius 1 is 1.39 bits per heavy atom. The Balaban J connectivity index is 1.54. The van der Waals surface area contributed by atoms with E-state index in [1.54, 1.807) is 0 Å². The van der Waals surface area contributed by atoms with E-state index in [-0.39, 0.29) is 0 Å². The monoisotopic (exact) mass is 248 g/mol. The van der Waals surface area contributed by atoms with Gasteiger partial charge in [-0.2, -0.15) is 5.10 Å². The van der Waals surface area contributed by atoms with Crippen molar-refractivity contribution >= 4 is 0 Å². The molecule has 1 aromatic heterocycles. The van der Waals surface area contributed by atoms with Crippen LogP contribution in [-0.2, 0) is 13.1 Å². The Kier molecular flexibility index (Phi) is 3.37. The molecular formula is C14H24N4. The largest absolute Gasteiger partial charge is 0.308 e. The maximum atomic E-state index is 4.57. The minimum Gasteiger partial charge on any atom is -0.308 e. The predicted octanol–water partition coefficient (Wildman–Crippen LogP) is 2.21. The van der Waals surface area contributed by atoms with E-state index in [1.165, 1.54) is 25.7 Å². The number of rotatable bonds is 5. The van der Waals surface area contributed by atoms with E-state index in [9.17, 15) is 0 Å². The Morgan fingerprint density at radius 2 is 2.28 bits per heavy atom. The highest BCUT2D eigenvalue weighted by atomic mass is 15.3. The average Bonchev–Trinajstić information content (AvgIpc) is 3.02. The zero-order chi connectivity index (χ0) is 12.5. The molecule has 1 heterocycles. The Hall–Kier alpha value is -0.900. The van der Waals surface area contributed by atoms with E-state index >= 15 is 0 Å². The van der Waals surface area contributed by atoms with Crippen molar-refractivity contribution in [2.24, 2.45) is 17.8 Å². The molecule has 0 amide bonds. The highest BCUT2D eigenvalue weighted by molar-refractivity contribution is 4.90. The van der Waals surface area contributed by atoms with Crippen molar-refractivity contribution in [2.45, 2.75) is 58.7 Å². The van der Waals surface area contributed by atoms with Gasteiger partial charge in [0.15, 0.2) is 5.82 Å². The fourth-order valence-electron chi connectivity index (χ4n) is 3.64. The van der Waals surface area contributed by atoms with Gasteiger partial charge in [0, 0.05) is 12.6 Å². The molecule has 2 aliphatic rings. The van der Waals surface area contributed by atoms with E-state index in [0.29, 0.717) is 6.04 Å². The number of fused-ring (bicyclic) bond motifs is 2. The number of nitrogens with one attached hydrogen (secondary N) is 1. The van der Waals surface area contributed by atoms with Crippen LogP contribution in [0.15, 0.2) is 6.33 Å². The maximum absolute atomic E-state index is 4.57. The summed E-state index contributed by atoms with van der Waals surface area (Å²) in [7, 11) is 0. The van der Waals surface area contributed by atoms with Crippen LogP contribution in [0.25, 0.3) is 0 Å². The van der Waals surface area contributed by atoms with Crippen molar-refractivity contribution in [3.8, 4) is 0 Å². The van der Waals surface area contributed by atoms with Crippen LogP contribution >= 0.6 is 0 Å². The van der Waals surface area contributed by atoms with Gasteiger partial charge in [-0.25, -0.2) is 4.98 Å². The second-order valence-corrected chi connectivity index (χ2v) is 6.35. The van der Waals surface area contributed by atoms with Crippen molar-refractivity contribution in [2.75, 3.05) is 0 Å². The summed E-state index contributed by atoms with van der Waals surface area (Å²) < 4.78 is 2.06. The molecule has 100 valence electrons. The van der Waals surface area contributed by atoms with E-state index < -0.39 is 0 Å². The SMILES string of the molecule is CC(C)NCc1ncn(CC2CC3CCC2C3)n1. The smallest absolute Gasteiger partial charge is 0.164 e. The Bertz CT molecular complexity index is 398. The van der Waals surface area contributed by atoms with Crippen molar-refractivity contribution in [3.63, 3.8) is 0 Å². The highest BCUT2D eigenvalue weighted by Gasteiger charge is 2.39. The third-order valence-electron chi connectivity index (χ3n) is 4.56. The van der Waals surface area contributed by atoms with E-state index in [4.69, 9.17) is 0 Å². The summed E-state index contributed by atoms with van der Waals surface area (Å²) in [4.78, 5) is 4.38. The minimum atomic E-state index is 0.488. The molecule has 4 heteroatoms. The zero-order valence-corrected chi connectivity index (χ0v) is 11.5. The molecule has 0 spiro atoms. The van der Waals surface area contributed by atoms with Crippen LogP contribution < -0.4 is 5.32 Å². The summed E-state index contributed by atoms with van der Waals surface area (Å²) in [6, 6.07) is 0.488. The van der Waals surface area contributed by atoms with Gasteiger partial charge >= 0.3 is 0 Å². The molecule has 18 heavy (non-hydrogen) atoms. The lowest BCUT2D eigenvalue weighted by atomic mass is 9.89. The molecule has 4 nitrogen and oxygen atoms in total. The summed E-state index contributed by atoms with van der Waals surface area (Å²) in [5, 5.41) is 7.93. The third kappa shape index (κ3) is 2.58. The average molecular weight is 248 g/mol. The summed E-state index contributed by atoms with van der Waals surface area (Å²) in [6.07, 6.45) is 7.72. The lowest BCUT2D eigenvalue weighted by Crippen LogP contribution is -2.23. The van der Waals surface area contributed by atoms with Crippen molar-refractivity contribution in [3.05, 3.63) is 12.2 Å². The molecule has 0 aliphatic heterocycles. The second-order valence-electron chi connectivity index (χ2n) is 6.35. The first-order chi connectivity index (χ1) is 8.70. The molecule has 2 saturated carbocycles. The van der Waals surface area contributed by atoms with Crippen molar-refractivity contribution in [1.29, 1.82) is 0 Å². The molecule has 0 saturated heterocycles.